The van der Waals surface area contributed by atoms with Crippen molar-refractivity contribution in [1.29, 1.82) is 0 Å². The molecular weight excluding hydrogens is 202 g/mol. The lowest BCUT2D eigenvalue weighted by molar-refractivity contribution is -0.126. The number of primary amides is 1. The van der Waals surface area contributed by atoms with E-state index in [0.717, 1.165) is 19.4 Å². The van der Waals surface area contributed by atoms with Crippen LogP contribution < -0.4 is 11.1 Å². The number of rotatable bonds is 7. The molecule has 0 bridgehead atoms. The van der Waals surface area contributed by atoms with Gasteiger partial charge in [0.05, 0.1) is 0 Å². The first-order valence-electron chi connectivity index (χ1n) is 6.18. The Kier molecular flexibility index (Phi) is 4.33. The molecule has 1 amide bonds. The molecule has 1 aliphatic carbocycles. The second-order valence-corrected chi connectivity index (χ2v) is 5.24. The molecule has 1 aliphatic rings. The highest BCUT2D eigenvalue weighted by atomic mass is 16.1. The van der Waals surface area contributed by atoms with Gasteiger partial charge in [-0.15, -0.1) is 0 Å². The zero-order valence-electron chi connectivity index (χ0n) is 10.9. The molecule has 1 fully saturated rings. The molecule has 0 aliphatic heterocycles. The third-order valence-electron chi connectivity index (χ3n) is 3.32. The predicted molar refractivity (Wildman–Crippen MR) is 66.1 cm³/mol. The number of carbonyl (C=O) groups excluding carboxylic acids is 1. The van der Waals surface area contributed by atoms with E-state index in [2.05, 4.69) is 31.0 Å². The highest BCUT2D eigenvalue weighted by Gasteiger charge is 2.50. The minimum Gasteiger partial charge on any atom is -0.368 e. The van der Waals surface area contributed by atoms with E-state index in [1.807, 2.05) is 7.05 Å². The molecule has 16 heavy (non-hydrogen) atoms. The van der Waals surface area contributed by atoms with Crippen LogP contribution in [0.3, 0.4) is 0 Å². The fraction of sp³-hybridized carbons (Fsp3) is 0.917. The first-order valence-corrected chi connectivity index (χ1v) is 6.18. The summed E-state index contributed by atoms with van der Waals surface area (Å²) >= 11 is 0. The molecular formula is C12H25N3O. The predicted octanol–water partition coefficient (Wildman–Crippen LogP) is 0.570. The van der Waals surface area contributed by atoms with Crippen LogP contribution in [0.4, 0.5) is 0 Å². The average Bonchev–Trinajstić information content (AvgIpc) is 2.98. The molecule has 0 aromatic heterocycles. The summed E-state index contributed by atoms with van der Waals surface area (Å²) in [5.41, 5.74) is 5.11. The van der Waals surface area contributed by atoms with E-state index in [0.29, 0.717) is 12.5 Å². The molecule has 0 radical (unpaired) electrons. The van der Waals surface area contributed by atoms with Gasteiger partial charge in [-0.3, -0.25) is 10.1 Å². The number of nitrogens with zero attached hydrogens (tertiary/aromatic N) is 1. The smallest absolute Gasteiger partial charge is 0.239 e. The number of hydrogen-bond acceptors (Lipinski definition) is 3. The van der Waals surface area contributed by atoms with Crippen molar-refractivity contribution in [1.82, 2.24) is 10.2 Å². The Morgan fingerprint density at radius 2 is 2.12 bits per heavy atom. The van der Waals surface area contributed by atoms with Crippen molar-refractivity contribution in [2.75, 3.05) is 20.1 Å². The summed E-state index contributed by atoms with van der Waals surface area (Å²) in [7, 11) is 2.03. The van der Waals surface area contributed by atoms with Crippen molar-refractivity contribution >= 4 is 5.91 Å². The molecule has 0 aromatic carbocycles. The largest absolute Gasteiger partial charge is 0.368 e. The first-order chi connectivity index (χ1) is 7.42. The number of likely N-dealkylation sites (N-methyl/N-ethyl adjacent to an activating group) is 1. The molecule has 0 aromatic rings. The van der Waals surface area contributed by atoms with Crippen LogP contribution in [0.5, 0.6) is 0 Å². The zero-order chi connectivity index (χ0) is 12.3. The van der Waals surface area contributed by atoms with Crippen molar-refractivity contribution in [3.8, 4) is 0 Å². The van der Waals surface area contributed by atoms with Gasteiger partial charge in [0.15, 0.2) is 0 Å². The topological polar surface area (TPSA) is 58.4 Å². The van der Waals surface area contributed by atoms with Crippen molar-refractivity contribution in [2.45, 2.75) is 45.2 Å². The van der Waals surface area contributed by atoms with Crippen LogP contribution in [-0.4, -0.2) is 42.5 Å². The summed E-state index contributed by atoms with van der Waals surface area (Å²) in [5, 5.41) is 3.40. The standard InChI is InChI=1S/C12H25N3O/c1-5-15(4)8-12(11(13)16,10-6-7-10)14-9(2)3/h9-10,14H,5-8H2,1-4H3,(H2,13,16). The quantitative estimate of drug-likeness (QED) is 0.668. The van der Waals surface area contributed by atoms with Crippen LogP contribution in [0.1, 0.15) is 33.6 Å². The van der Waals surface area contributed by atoms with Crippen molar-refractivity contribution < 1.29 is 4.79 Å². The Morgan fingerprint density at radius 3 is 2.44 bits per heavy atom. The fourth-order valence-electron chi connectivity index (χ4n) is 2.27. The molecule has 0 spiro atoms. The average molecular weight is 227 g/mol. The highest BCUT2D eigenvalue weighted by Crippen LogP contribution is 2.40. The van der Waals surface area contributed by atoms with Crippen molar-refractivity contribution in [2.24, 2.45) is 11.7 Å². The number of nitrogens with one attached hydrogen (secondary N) is 1. The summed E-state index contributed by atoms with van der Waals surface area (Å²) < 4.78 is 0. The van der Waals surface area contributed by atoms with Gasteiger partial charge in [-0.25, -0.2) is 0 Å². The van der Waals surface area contributed by atoms with Gasteiger partial charge in [0.25, 0.3) is 0 Å². The molecule has 0 saturated heterocycles. The van der Waals surface area contributed by atoms with Crippen LogP contribution in [0.2, 0.25) is 0 Å². The molecule has 1 unspecified atom stereocenters. The third kappa shape index (κ3) is 2.95. The Balaban J connectivity index is 2.83. The van der Waals surface area contributed by atoms with Gasteiger partial charge >= 0.3 is 0 Å². The van der Waals surface area contributed by atoms with E-state index in [-0.39, 0.29) is 11.9 Å². The molecule has 1 atom stereocenters. The number of nitrogens with two attached hydrogens (primary N) is 1. The Bertz CT molecular complexity index is 251. The second kappa shape index (κ2) is 5.15. The number of hydrogen-bond donors (Lipinski definition) is 2. The summed E-state index contributed by atoms with van der Waals surface area (Å²) in [6.07, 6.45) is 2.22. The first kappa shape index (κ1) is 13.5. The van der Waals surface area contributed by atoms with Gasteiger partial charge in [-0.2, -0.15) is 0 Å². The van der Waals surface area contributed by atoms with Gasteiger partial charge in [0, 0.05) is 12.6 Å². The van der Waals surface area contributed by atoms with Crippen molar-refractivity contribution in [3.05, 3.63) is 0 Å². The lowest BCUT2D eigenvalue weighted by Crippen LogP contribution is -2.64. The maximum atomic E-state index is 11.8. The summed E-state index contributed by atoms with van der Waals surface area (Å²) in [4.78, 5) is 14.0. The molecule has 94 valence electrons. The summed E-state index contributed by atoms with van der Waals surface area (Å²) in [6.45, 7) is 7.86. The minimum atomic E-state index is -0.529. The summed E-state index contributed by atoms with van der Waals surface area (Å²) in [6, 6.07) is 0.276. The van der Waals surface area contributed by atoms with Crippen LogP contribution in [-0.2, 0) is 4.79 Å². The molecule has 4 heteroatoms. The lowest BCUT2D eigenvalue weighted by atomic mass is 9.90. The summed E-state index contributed by atoms with van der Waals surface area (Å²) in [5.74, 6) is 0.213. The van der Waals surface area contributed by atoms with E-state index in [4.69, 9.17) is 5.73 Å². The Morgan fingerprint density at radius 1 is 1.56 bits per heavy atom. The van der Waals surface area contributed by atoms with E-state index >= 15 is 0 Å². The second-order valence-electron chi connectivity index (χ2n) is 5.24. The molecule has 0 heterocycles. The van der Waals surface area contributed by atoms with E-state index in [1.165, 1.54) is 0 Å². The number of amides is 1. The molecule has 1 saturated carbocycles. The van der Waals surface area contributed by atoms with Gasteiger partial charge < -0.3 is 10.6 Å². The maximum absolute atomic E-state index is 11.8. The van der Waals surface area contributed by atoms with E-state index in [1.54, 1.807) is 0 Å². The zero-order valence-corrected chi connectivity index (χ0v) is 10.9. The van der Waals surface area contributed by atoms with Crippen LogP contribution in [0.15, 0.2) is 0 Å². The van der Waals surface area contributed by atoms with Crippen LogP contribution in [0.25, 0.3) is 0 Å². The van der Waals surface area contributed by atoms with Gasteiger partial charge in [-0.1, -0.05) is 6.92 Å². The SMILES string of the molecule is CCN(C)CC(NC(C)C)(C(N)=O)C1CC1. The maximum Gasteiger partial charge on any atom is 0.239 e. The van der Waals surface area contributed by atoms with E-state index < -0.39 is 5.54 Å². The monoisotopic (exact) mass is 227 g/mol. The van der Waals surface area contributed by atoms with Gasteiger partial charge in [0.1, 0.15) is 5.54 Å². The molecule has 3 N–H and O–H groups in total. The minimum absolute atomic E-state index is 0.205. The van der Waals surface area contributed by atoms with Crippen LogP contribution in [0, 0.1) is 5.92 Å². The Hall–Kier alpha value is -0.610. The molecule has 1 rings (SSSR count). The lowest BCUT2D eigenvalue weighted by Gasteiger charge is -2.37. The number of carbonyl (C=O) groups is 1. The van der Waals surface area contributed by atoms with Crippen molar-refractivity contribution in [3.63, 3.8) is 0 Å². The highest BCUT2D eigenvalue weighted by molar-refractivity contribution is 5.86. The fourth-order valence-corrected chi connectivity index (χ4v) is 2.27. The van der Waals surface area contributed by atoms with Crippen LogP contribution >= 0.6 is 0 Å². The van der Waals surface area contributed by atoms with Gasteiger partial charge in [-0.05, 0) is 46.2 Å². The normalized spacial score (nSPS) is 20.1. The third-order valence-corrected chi connectivity index (χ3v) is 3.32. The van der Waals surface area contributed by atoms with Gasteiger partial charge in [0.2, 0.25) is 5.91 Å². The van der Waals surface area contributed by atoms with E-state index in [9.17, 15) is 4.79 Å². The Labute approximate surface area is 98.6 Å². The molecule has 4 nitrogen and oxygen atoms in total.